The molecule has 0 saturated carbocycles. The third-order valence-electron chi connectivity index (χ3n) is 2.32. The van der Waals surface area contributed by atoms with Crippen LogP contribution in [0.25, 0.3) is 0 Å². The lowest BCUT2D eigenvalue weighted by molar-refractivity contribution is -0.385. The summed E-state index contributed by atoms with van der Waals surface area (Å²) < 4.78 is 4.87. The Morgan fingerprint density at radius 2 is 2.16 bits per heavy atom. The van der Waals surface area contributed by atoms with Crippen LogP contribution in [-0.2, 0) is 0 Å². The zero-order valence-corrected chi connectivity index (χ0v) is 11.0. The molecule has 2 N–H and O–H groups in total. The first kappa shape index (κ1) is 14.9. The van der Waals surface area contributed by atoms with E-state index in [2.05, 4.69) is 5.32 Å². The van der Waals surface area contributed by atoms with Crippen molar-refractivity contribution >= 4 is 11.6 Å². The molecule has 1 rings (SSSR count). The van der Waals surface area contributed by atoms with Gasteiger partial charge in [0.05, 0.1) is 17.6 Å². The number of hydrogen-bond acceptors (Lipinski definition) is 5. The van der Waals surface area contributed by atoms with E-state index in [0.29, 0.717) is 0 Å². The van der Waals surface area contributed by atoms with Crippen LogP contribution in [0, 0.1) is 10.1 Å². The number of nitrogens with zero attached hydrogens (tertiary/aromatic N) is 1. The molecular formula is C12H16N2O5. The van der Waals surface area contributed by atoms with Gasteiger partial charge in [0.15, 0.2) is 5.75 Å². The molecule has 0 bridgehead atoms. The number of nitro groups is 1. The molecule has 0 aromatic heterocycles. The maximum absolute atomic E-state index is 11.8. The minimum atomic E-state index is -1.03. The molecule has 0 aliphatic rings. The molecule has 104 valence electrons. The van der Waals surface area contributed by atoms with E-state index in [1.54, 1.807) is 13.8 Å². The molecule has 0 aliphatic heterocycles. The maximum atomic E-state index is 11.8. The van der Waals surface area contributed by atoms with Crippen LogP contribution in [0.2, 0.25) is 0 Å². The number of aliphatic hydroxyl groups is 1. The lowest BCUT2D eigenvalue weighted by atomic mass is 10.1. The van der Waals surface area contributed by atoms with Crippen molar-refractivity contribution in [2.24, 2.45) is 0 Å². The highest BCUT2D eigenvalue weighted by Crippen LogP contribution is 2.27. The quantitative estimate of drug-likeness (QED) is 0.615. The number of benzene rings is 1. The van der Waals surface area contributed by atoms with E-state index in [4.69, 9.17) is 4.74 Å². The highest BCUT2D eigenvalue weighted by molar-refractivity contribution is 5.95. The Morgan fingerprint density at radius 3 is 2.63 bits per heavy atom. The van der Waals surface area contributed by atoms with Crippen molar-refractivity contribution in [1.29, 1.82) is 0 Å². The molecule has 19 heavy (non-hydrogen) atoms. The predicted octanol–water partition coefficient (Wildman–Crippen LogP) is 1.10. The Balaban J connectivity index is 2.90. The maximum Gasteiger partial charge on any atom is 0.310 e. The number of ether oxygens (including phenoxy) is 1. The monoisotopic (exact) mass is 268 g/mol. The molecular weight excluding hydrogens is 252 g/mol. The minimum Gasteiger partial charge on any atom is -0.490 e. The summed E-state index contributed by atoms with van der Waals surface area (Å²) in [6.07, 6.45) is 0. The standard InChI is InChI=1S/C12H16N2O5/c1-12(2,16)7-13-11(15)8-4-5-9(14(17)18)10(6-8)19-3/h4-6,16H,7H2,1-3H3,(H,13,15). The SMILES string of the molecule is COc1cc(C(=O)NCC(C)(C)O)ccc1[N+](=O)[O-]. The Bertz CT molecular complexity index is 493. The van der Waals surface area contributed by atoms with Gasteiger partial charge in [-0.2, -0.15) is 0 Å². The molecule has 0 radical (unpaired) electrons. The van der Waals surface area contributed by atoms with Gasteiger partial charge < -0.3 is 15.2 Å². The molecule has 0 spiro atoms. The zero-order valence-electron chi connectivity index (χ0n) is 11.0. The molecule has 0 heterocycles. The van der Waals surface area contributed by atoms with E-state index in [0.717, 1.165) is 0 Å². The lowest BCUT2D eigenvalue weighted by Gasteiger charge is -2.17. The van der Waals surface area contributed by atoms with E-state index in [9.17, 15) is 20.0 Å². The number of methoxy groups -OCH3 is 1. The number of hydrogen-bond donors (Lipinski definition) is 2. The Kier molecular flexibility index (Phi) is 4.44. The summed E-state index contributed by atoms with van der Waals surface area (Å²) in [6.45, 7) is 3.19. The van der Waals surface area contributed by atoms with Crippen LogP contribution in [0.15, 0.2) is 18.2 Å². The largest absolute Gasteiger partial charge is 0.490 e. The van der Waals surface area contributed by atoms with Crippen LogP contribution in [-0.4, -0.2) is 35.2 Å². The average molecular weight is 268 g/mol. The van der Waals surface area contributed by atoms with Crippen molar-refractivity contribution in [3.05, 3.63) is 33.9 Å². The van der Waals surface area contributed by atoms with Crippen molar-refractivity contribution in [1.82, 2.24) is 5.32 Å². The number of amides is 1. The lowest BCUT2D eigenvalue weighted by Crippen LogP contribution is -2.38. The van der Waals surface area contributed by atoms with Gasteiger partial charge in [-0.25, -0.2) is 0 Å². The van der Waals surface area contributed by atoms with Gasteiger partial charge in [-0.1, -0.05) is 0 Å². The number of carbonyl (C=O) groups is 1. The topological polar surface area (TPSA) is 102 Å². The van der Waals surface area contributed by atoms with Crippen molar-refractivity contribution < 1.29 is 19.6 Å². The summed E-state index contributed by atoms with van der Waals surface area (Å²) in [4.78, 5) is 21.9. The fourth-order valence-corrected chi connectivity index (χ4v) is 1.37. The van der Waals surface area contributed by atoms with E-state index in [1.807, 2.05) is 0 Å². The summed E-state index contributed by atoms with van der Waals surface area (Å²) in [5, 5.41) is 22.7. The molecule has 0 aliphatic carbocycles. The molecule has 0 unspecified atom stereocenters. The number of carbonyl (C=O) groups excluding carboxylic acids is 1. The molecule has 0 atom stereocenters. The van der Waals surface area contributed by atoms with Crippen molar-refractivity contribution in [3.63, 3.8) is 0 Å². The molecule has 0 fully saturated rings. The molecule has 7 heteroatoms. The van der Waals surface area contributed by atoms with Crippen LogP contribution >= 0.6 is 0 Å². The second-order valence-corrected chi connectivity index (χ2v) is 4.64. The summed E-state index contributed by atoms with van der Waals surface area (Å²) in [5.74, 6) is -0.420. The Hall–Kier alpha value is -2.15. The molecule has 1 amide bonds. The molecule has 1 aromatic rings. The second kappa shape index (κ2) is 5.66. The normalized spacial score (nSPS) is 10.9. The van der Waals surface area contributed by atoms with E-state index < -0.39 is 16.4 Å². The zero-order chi connectivity index (χ0) is 14.6. The van der Waals surface area contributed by atoms with Gasteiger partial charge in [0.1, 0.15) is 0 Å². The molecule has 7 nitrogen and oxygen atoms in total. The second-order valence-electron chi connectivity index (χ2n) is 4.64. The fraction of sp³-hybridized carbons (Fsp3) is 0.417. The minimum absolute atomic E-state index is 0.0147. The van der Waals surface area contributed by atoms with E-state index in [1.165, 1.54) is 25.3 Å². The van der Waals surface area contributed by atoms with Crippen LogP contribution in [0.4, 0.5) is 5.69 Å². The summed E-state index contributed by atoms with van der Waals surface area (Å²) in [7, 11) is 1.29. The smallest absolute Gasteiger partial charge is 0.310 e. The van der Waals surface area contributed by atoms with E-state index in [-0.39, 0.29) is 23.5 Å². The van der Waals surface area contributed by atoms with Gasteiger partial charge in [-0.3, -0.25) is 14.9 Å². The van der Waals surface area contributed by atoms with Crippen LogP contribution in [0.3, 0.4) is 0 Å². The average Bonchev–Trinajstić information content (AvgIpc) is 2.34. The van der Waals surface area contributed by atoms with Gasteiger partial charge in [-0.05, 0) is 19.9 Å². The van der Waals surface area contributed by atoms with Crippen molar-refractivity contribution in [2.45, 2.75) is 19.4 Å². The summed E-state index contributed by atoms with van der Waals surface area (Å²) >= 11 is 0. The number of nitrogens with one attached hydrogen (secondary N) is 1. The van der Waals surface area contributed by atoms with Crippen LogP contribution in [0.5, 0.6) is 5.75 Å². The number of rotatable bonds is 5. The van der Waals surface area contributed by atoms with Crippen LogP contribution < -0.4 is 10.1 Å². The van der Waals surface area contributed by atoms with Gasteiger partial charge in [-0.15, -0.1) is 0 Å². The third-order valence-corrected chi connectivity index (χ3v) is 2.32. The first-order chi connectivity index (χ1) is 8.74. The third kappa shape index (κ3) is 4.22. The highest BCUT2D eigenvalue weighted by Gasteiger charge is 2.19. The number of nitro benzene ring substituents is 1. The van der Waals surface area contributed by atoms with Gasteiger partial charge in [0.25, 0.3) is 5.91 Å². The van der Waals surface area contributed by atoms with Gasteiger partial charge in [0.2, 0.25) is 0 Å². The van der Waals surface area contributed by atoms with Gasteiger partial charge >= 0.3 is 5.69 Å². The predicted molar refractivity (Wildman–Crippen MR) is 68.3 cm³/mol. The van der Waals surface area contributed by atoms with Gasteiger partial charge in [0, 0.05) is 24.2 Å². The van der Waals surface area contributed by atoms with E-state index >= 15 is 0 Å². The summed E-state index contributed by atoms with van der Waals surface area (Å²) in [5.41, 5.74) is -1.01. The first-order valence-electron chi connectivity index (χ1n) is 5.57. The molecule has 1 aromatic carbocycles. The molecule has 0 saturated heterocycles. The Labute approximate surface area is 110 Å². The highest BCUT2D eigenvalue weighted by atomic mass is 16.6. The van der Waals surface area contributed by atoms with Crippen molar-refractivity contribution in [2.75, 3.05) is 13.7 Å². The fourth-order valence-electron chi connectivity index (χ4n) is 1.37. The van der Waals surface area contributed by atoms with Crippen LogP contribution in [0.1, 0.15) is 24.2 Å². The summed E-state index contributed by atoms with van der Waals surface area (Å²) in [6, 6.07) is 3.83. The first-order valence-corrected chi connectivity index (χ1v) is 5.57. The van der Waals surface area contributed by atoms with Crippen molar-refractivity contribution in [3.8, 4) is 5.75 Å². The Morgan fingerprint density at radius 1 is 1.53 bits per heavy atom.